The van der Waals surface area contributed by atoms with Crippen molar-refractivity contribution in [3.8, 4) is 0 Å². The summed E-state index contributed by atoms with van der Waals surface area (Å²) in [4.78, 5) is 15.0. The van der Waals surface area contributed by atoms with Crippen LogP contribution in [0, 0.1) is 0 Å². The summed E-state index contributed by atoms with van der Waals surface area (Å²) >= 11 is 8.71. The SMILES string of the molecule is CN(Cc1cc(Br)cs1)Cc1ccc(C(=O)NN)cc1Br. The summed E-state index contributed by atoms with van der Waals surface area (Å²) in [7, 11) is 2.07. The smallest absolute Gasteiger partial charge is 0.265 e. The third-order valence-corrected chi connectivity index (χ3v) is 5.35. The molecule has 0 unspecified atom stereocenters. The van der Waals surface area contributed by atoms with Crippen molar-refractivity contribution in [3.05, 3.63) is 54.6 Å². The summed E-state index contributed by atoms with van der Waals surface area (Å²) in [6, 6.07) is 7.63. The Hall–Kier alpha value is -0.730. The molecule has 7 heteroatoms. The predicted octanol–water partition coefficient (Wildman–Crippen LogP) is 3.51. The number of nitrogen functional groups attached to an aromatic ring is 1. The average molecular weight is 433 g/mol. The summed E-state index contributed by atoms with van der Waals surface area (Å²) in [5, 5.41) is 2.08. The second kappa shape index (κ2) is 7.51. The largest absolute Gasteiger partial charge is 0.297 e. The highest BCUT2D eigenvalue weighted by atomic mass is 79.9. The topological polar surface area (TPSA) is 58.4 Å². The number of halogens is 2. The molecule has 112 valence electrons. The van der Waals surface area contributed by atoms with Crippen molar-refractivity contribution in [1.29, 1.82) is 0 Å². The van der Waals surface area contributed by atoms with Gasteiger partial charge >= 0.3 is 0 Å². The lowest BCUT2D eigenvalue weighted by atomic mass is 10.1. The number of amides is 1. The minimum absolute atomic E-state index is 0.293. The van der Waals surface area contributed by atoms with E-state index in [9.17, 15) is 4.79 Å². The number of nitrogens with zero attached hydrogens (tertiary/aromatic N) is 1. The zero-order valence-corrected chi connectivity index (χ0v) is 15.4. The van der Waals surface area contributed by atoms with Crippen LogP contribution in [-0.2, 0) is 13.1 Å². The monoisotopic (exact) mass is 431 g/mol. The van der Waals surface area contributed by atoms with Gasteiger partial charge in [-0.1, -0.05) is 22.0 Å². The van der Waals surface area contributed by atoms with Gasteiger partial charge in [-0.3, -0.25) is 15.1 Å². The van der Waals surface area contributed by atoms with Gasteiger partial charge in [-0.05, 0) is 46.7 Å². The number of hydrogen-bond donors (Lipinski definition) is 2. The van der Waals surface area contributed by atoms with Gasteiger partial charge in [-0.25, -0.2) is 5.84 Å². The Bertz CT molecular complexity index is 645. The fraction of sp³-hybridized carbons (Fsp3) is 0.214. The lowest BCUT2D eigenvalue weighted by Crippen LogP contribution is -2.30. The highest BCUT2D eigenvalue weighted by Crippen LogP contribution is 2.23. The van der Waals surface area contributed by atoms with Crippen molar-refractivity contribution >= 4 is 49.1 Å². The number of benzene rings is 1. The Balaban J connectivity index is 2.03. The number of rotatable bonds is 5. The van der Waals surface area contributed by atoms with E-state index in [0.29, 0.717) is 5.56 Å². The van der Waals surface area contributed by atoms with Gasteiger partial charge in [0.05, 0.1) is 0 Å². The zero-order chi connectivity index (χ0) is 15.4. The first-order valence-corrected chi connectivity index (χ1v) is 8.67. The summed E-state index contributed by atoms with van der Waals surface area (Å²) in [6.45, 7) is 1.67. The number of carbonyl (C=O) groups excluding carboxylic acids is 1. The van der Waals surface area contributed by atoms with Gasteiger partial charge in [0.1, 0.15) is 0 Å². The standard InChI is InChI=1S/C14H15Br2N3OS/c1-19(7-12-5-11(15)8-21-12)6-10-3-2-9(4-13(10)16)14(20)18-17/h2-5,8H,6-7,17H2,1H3,(H,18,20). The lowest BCUT2D eigenvalue weighted by Gasteiger charge is -2.17. The van der Waals surface area contributed by atoms with E-state index >= 15 is 0 Å². The van der Waals surface area contributed by atoms with Gasteiger partial charge in [0, 0.05) is 37.9 Å². The van der Waals surface area contributed by atoms with Crippen LogP contribution in [0.5, 0.6) is 0 Å². The fourth-order valence-corrected chi connectivity index (χ4v) is 3.98. The van der Waals surface area contributed by atoms with E-state index in [1.165, 1.54) is 4.88 Å². The molecule has 2 aromatic rings. The minimum Gasteiger partial charge on any atom is -0.297 e. The van der Waals surface area contributed by atoms with E-state index in [1.54, 1.807) is 23.5 Å². The van der Waals surface area contributed by atoms with Crippen molar-refractivity contribution in [2.75, 3.05) is 7.05 Å². The minimum atomic E-state index is -0.293. The number of hydrazine groups is 1. The lowest BCUT2D eigenvalue weighted by molar-refractivity contribution is 0.0953. The van der Waals surface area contributed by atoms with Crippen LogP contribution in [0.1, 0.15) is 20.8 Å². The van der Waals surface area contributed by atoms with Crippen molar-refractivity contribution in [2.45, 2.75) is 13.1 Å². The molecule has 0 aliphatic carbocycles. The Morgan fingerprint density at radius 2 is 2.10 bits per heavy atom. The first kappa shape index (κ1) is 16.6. The Morgan fingerprint density at radius 3 is 2.67 bits per heavy atom. The van der Waals surface area contributed by atoms with Crippen molar-refractivity contribution in [2.24, 2.45) is 5.84 Å². The molecule has 0 spiro atoms. The molecule has 1 aromatic carbocycles. The second-order valence-electron chi connectivity index (χ2n) is 4.68. The molecule has 2 rings (SSSR count). The van der Waals surface area contributed by atoms with Gasteiger partial charge in [-0.2, -0.15) is 0 Å². The van der Waals surface area contributed by atoms with Crippen LogP contribution < -0.4 is 11.3 Å². The predicted molar refractivity (Wildman–Crippen MR) is 93.0 cm³/mol. The average Bonchev–Trinajstić information content (AvgIpc) is 2.85. The molecular weight excluding hydrogens is 418 g/mol. The van der Waals surface area contributed by atoms with Gasteiger partial charge in [0.15, 0.2) is 0 Å². The second-order valence-corrected chi connectivity index (χ2v) is 7.45. The van der Waals surface area contributed by atoms with E-state index in [2.05, 4.69) is 60.7 Å². The highest BCUT2D eigenvalue weighted by Gasteiger charge is 2.10. The van der Waals surface area contributed by atoms with E-state index < -0.39 is 0 Å². The molecule has 0 atom stereocenters. The third kappa shape index (κ3) is 4.62. The fourth-order valence-electron chi connectivity index (χ4n) is 1.95. The first-order chi connectivity index (χ1) is 9.99. The van der Waals surface area contributed by atoms with Crippen molar-refractivity contribution in [1.82, 2.24) is 10.3 Å². The Labute approximate surface area is 144 Å². The maximum absolute atomic E-state index is 11.5. The number of thiophene rings is 1. The summed E-state index contributed by atoms with van der Waals surface area (Å²) in [6.07, 6.45) is 0. The zero-order valence-electron chi connectivity index (χ0n) is 11.4. The molecule has 0 saturated heterocycles. The van der Waals surface area contributed by atoms with E-state index in [0.717, 1.165) is 27.6 Å². The van der Waals surface area contributed by atoms with Crippen LogP contribution in [0.4, 0.5) is 0 Å². The summed E-state index contributed by atoms with van der Waals surface area (Å²) in [5.74, 6) is 4.84. The molecule has 0 bridgehead atoms. The molecule has 1 amide bonds. The molecular formula is C14H15Br2N3OS. The number of carbonyl (C=O) groups is 1. The molecule has 21 heavy (non-hydrogen) atoms. The number of nitrogens with one attached hydrogen (secondary N) is 1. The van der Waals surface area contributed by atoms with Crippen LogP contribution in [0.15, 0.2) is 38.6 Å². The van der Waals surface area contributed by atoms with Crippen molar-refractivity contribution < 1.29 is 4.79 Å². The molecule has 0 aliphatic rings. The van der Waals surface area contributed by atoms with Gasteiger partial charge < -0.3 is 0 Å². The van der Waals surface area contributed by atoms with Crippen LogP contribution in [0.3, 0.4) is 0 Å². The maximum atomic E-state index is 11.5. The van der Waals surface area contributed by atoms with Gasteiger partial charge in [0.2, 0.25) is 0 Å². The molecule has 3 N–H and O–H groups in total. The molecule has 0 aliphatic heterocycles. The molecule has 0 fully saturated rings. The van der Waals surface area contributed by atoms with Crippen LogP contribution in [0.2, 0.25) is 0 Å². The van der Waals surface area contributed by atoms with Crippen LogP contribution >= 0.6 is 43.2 Å². The number of nitrogens with two attached hydrogens (primary N) is 1. The third-order valence-electron chi connectivity index (χ3n) is 2.93. The summed E-state index contributed by atoms with van der Waals surface area (Å²) in [5.41, 5.74) is 3.80. The quantitative estimate of drug-likeness (QED) is 0.431. The van der Waals surface area contributed by atoms with E-state index in [4.69, 9.17) is 5.84 Å². The van der Waals surface area contributed by atoms with E-state index in [1.807, 2.05) is 6.07 Å². The molecule has 1 heterocycles. The Morgan fingerprint density at radius 1 is 1.33 bits per heavy atom. The molecule has 0 saturated carbocycles. The first-order valence-electron chi connectivity index (χ1n) is 6.20. The van der Waals surface area contributed by atoms with Crippen molar-refractivity contribution in [3.63, 3.8) is 0 Å². The highest BCUT2D eigenvalue weighted by molar-refractivity contribution is 9.10. The van der Waals surface area contributed by atoms with Gasteiger partial charge in [-0.15, -0.1) is 11.3 Å². The van der Waals surface area contributed by atoms with E-state index in [-0.39, 0.29) is 5.91 Å². The molecule has 1 aromatic heterocycles. The summed E-state index contributed by atoms with van der Waals surface area (Å²) < 4.78 is 2.03. The normalized spacial score (nSPS) is 10.9. The number of hydrogen-bond acceptors (Lipinski definition) is 4. The van der Waals surface area contributed by atoms with Crippen LogP contribution in [0.25, 0.3) is 0 Å². The maximum Gasteiger partial charge on any atom is 0.265 e. The Kier molecular flexibility index (Phi) is 5.95. The van der Waals surface area contributed by atoms with Gasteiger partial charge in [0.25, 0.3) is 5.91 Å². The molecule has 0 radical (unpaired) electrons. The molecule has 4 nitrogen and oxygen atoms in total. The van der Waals surface area contributed by atoms with Crippen LogP contribution in [-0.4, -0.2) is 17.9 Å².